The summed E-state index contributed by atoms with van der Waals surface area (Å²) < 4.78 is 0. The lowest BCUT2D eigenvalue weighted by atomic mass is 9.83. The van der Waals surface area contributed by atoms with Crippen LogP contribution < -0.4 is 0 Å². The molecule has 0 spiro atoms. The first-order valence-electron chi connectivity index (χ1n) is 6.63. The maximum atomic E-state index is 8.63. The van der Waals surface area contributed by atoms with E-state index < -0.39 is 0 Å². The Kier molecular flexibility index (Phi) is 5.17. The molecule has 0 saturated carbocycles. The largest absolute Gasteiger partial charge is 0.508 e. The lowest BCUT2D eigenvalue weighted by Gasteiger charge is -2.22. The van der Waals surface area contributed by atoms with Gasteiger partial charge in [-0.25, -0.2) is 0 Å². The van der Waals surface area contributed by atoms with Crippen molar-refractivity contribution in [1.29, 1.82) is 0 Å². The molecule has 0 aliphatic heterocycles. The van der Waals surface area contributed by atoms with Gasteiger partial charge < -0.3 is 5.11 Å². The summed E-state index contributed by atoms with van der Waals surface area (Å²) in [7, 11) is 0. The molecule has 0 unspecified atom stereocenters. The van der Waals surface area contributed by atoms with Crippen LogP contribution in [0.5, 0.6) is 5.75 Å². The Labute approximate surface area is 116 Å². The van der Waals surface area contributed by atoms with Crippen LogP contribution in [0, 0.1) is 13.8 Å². The van der Waals surface area contributed by atoms with Crippen LogP contribution in [0.25, 0.3) is 0 Å². The maximum absolute atomic E-state index is 8.63. The molecule has 19 heavy (non-hydrogen) atoms. The molecule has 0 aliphatic rings. The van der Waals surface area contributed by atoms with Crippen molar-refractivity contribution in [3.05, 3.63) is 65.2 Å². The van der Waals surface area contributed by atoms with Crippen molar-refractivity contribution < 1.29 is 5.11 Å². The maximum Gasteiger partial charge on any atom is 0.115 e. The predicted octanol–water partition coefficient (Wildman–Crippen LogP) is 4.99. The van der Waals surface area contributed by atoms with Crippen LogP contribution >= 0.6 is 0 Å². The Balaban J connectivity index is 0.000000218. The average Bonchev–Trinajstić information content (AvgIpc) is 2.33. The summed E-state index contributed by atoms with van der Waals surface area (Å²) in [5, 5.41) is 8.63. The van der Waals surface area contributed by atoms with Crippen LogP contribution in [0.2, 0.25) is 0 Å². The third-order valence-electron chi connectivity index (χ3n) is 3.17. The van der Waals surface area contributed by atoms with Gasteiger partial charge in [0.15, 0.2) is 0 Å². The normalized spacial score (nSPS) is 10.6. The molecule has 0 aromatic heterocycles. The molecular weight excluding hydrogens is 232 g/mol. The summed E-state index contributed by atoms with van der Waals surface area (Å²) in [6.45, 7) is 11.2. The van der Waals surface area contributed by atoms with E-state index >= 15 is 0 Å². The average molecular weight is 256 g/mol. The molecule has 0 fully saturated rings. The number of rotatable bonds is 0. The molecule has 0 amide bonds. The van der Waals surface area contributed by atoms with Crippen LogP contribution in [0.4, 0.5) is 0 Å². The number of aromatic hydroxyl groups is 1. The smallest absolute Gasteiger partial charge is 0.115 e. The lowest BCUT2D eigenvalue weighted by molar-refractivity contribution is 0.475. The number of phenols is 1. The minimum Gasteiger partial charge on any atom is -0.508 e. The highest BCUT2D eigenvalue weighted by molar-refractivity contribution is 5.37. The van der Waals surface area contributed by atoms with Gasteiger partial charge in [0.1, 0.15) is 5.75 Å². The van der Waals surface area contributed by atoms with E-state index in [1.807, 2.05) is 6.07 Å². The topological polar surface area (TPSA) is 20.2 Å². The lowest BCUT2D eigenvalue weighted by Crippen LogP contribution is -2.13. The van der Waals surface area contributed by atoms with E-state index in [4.69, 9.17) is 5.11 Å². The van der Waals surface area contributed by atoms with Gasteiger partial charge in [-0.1, -0.05) is 57.2 Å². The molecule has 102 valence electrons. The number of hydrogen-bond donors (Lipinski definition) is 1. The molecule has 0 aliphatic carbocycles. The zero-order chi connectivity index (χ0) is 14.5. The van der Waals surface area contributed by atoms with Crippen molar-refractivity contribution in [2.24, 2.45) is 0 Å². The molecule has 0 atom stereocenters. The molecular formula is C18H24O. The minimum absolute atomic E-state index is 0.274. The molecule has 0 saturated heterocycles. The highest BCUT2D eigenvalue weighted by atomic mass is 16.3. The van der Waals surface area contributed by atoms with Crippen molar-refractivity contribution in [3.63, 3.8) is 0 Å². The Hall–Kier alpha value is -1.76. The number of aryl methyl sites for hydroxylation is 1. The van der Waals surface area contributed by atoms with Crippen molar-refractivity contribution in [2.75, 3.05) is 0 Å². The first kappa shape index (κ1) is 15.3. The van der Waals surface area contributed by atoms with Gasteiger partial charge in [0.05, 0.1) is 0 Å². The van der Waals surface area contributed by atoms with Gasteiger partial charge in [0.25, 0.3) is 0 Å². The van der Waals surface area contributed by atoms with E-state index in [0.29, 0.717) is 5.75 Å². The molecule has 2 aromatic rings. The molecule has 2 aromatic carbocycles. The molecule has 1 nitrogen and oxygen atoms in total. The fraction of sp³-hybridized carbons (Fsp3) is 0.333. The number of para-hydroxylation sites is 1. The van der Waals surface area contributed by atoms with E-state index in [1.54, 1.807) is 24.3 Å². The van der Waals surface area contributed by atoms with Gasteiger partial charge in [-0.15, -0.1) is 0 Å². The van der Waals surface area contributed by atoms with E-state index in [2.05, 4.69) is 52.8 Å². The fourth-order valence-electron chi connectivity index (χ4n) is 1.99. The van der Waals surface area contributed by atoms with Crippen molar-refractivity contribution in [1.82, 2.24) is 0 Å². The number of benzene rings is 2. The van der Waals surface area contributed by atoms with Crippen molar-refractivity contribution in [2.45, 2.75) is 40.0 Å². The highest BCUT2D eigenvalue weighted by Gasteiger charge is 2.15. The number of hydrogen-bond acceptors (Lipinski definition) is 1. The van der Waals surface area contributed by atoms with Crippen LogP contribution in [-0.4, -0.2) is 5.11 Å². The second-order valence-corrected chi connectivity index (χ2v) is 5.83. The van der Waals surface area contributed by atoms with E-state index in [1.165, 1.54) is 16.7 Å². The fourth-order valence-corrected chi connectivity index (χ4v) is 1.99. The minimum atomic E-state index is 0.274. The summed E-state index contributed by atoms with van der Waals surface area (Å²) in [6, 6.07) is 15.3. The van der Waals surface area contributed by atoms with Crippen molar-refractivity contribution in [3.8, 4) is 5.75 Å². The van der Waals surface area contributed by atoms with Crippen LogP contribution in [0.3, 0.4) is 0 Å². The van der Waals surface area contributed by atoms with Gasteiger partial charge in [0, 0.05) is 0 Å². The zero-order valence-electron chi connectivity index (χ0n) is 12.6. The zero-order valence-corrected chi connectivity index (χ0v) is 12.6. The van der Waals surface area contributed by atoms with Crippen LogP contribution in [-0.2, 0) is 5.41 Å². The van der Waals surface area contributed by atoms with Gasteiger partial charge >= 0.3 is 0 Å². The van der Waals surface area contributed by atoms with Gasteiger partial charge in [0.2, 0.25) is 0 Å². The second kappa shape index (κ2) is 6.42. The van der Waals surface area contributed by atoms with Gasteiger partial charge in [-0.05, 0) is 48.1 Å². The van der Waals surface area contributed by atoms with Crippen LogP contribution in [0.15, 0.2) is 48.5 Å². The third kappa shape index (κ3) is 4.78. The molecule has 1 heteroatoms. The van der Waals surface area contributed by atoms with Crippen molar-refractivity contribution >= 4 is 0 Å². The predicted molar refractivity (Wildman–Crippen MR) is 82.7 cm³/mol. The summed E-state index contributed by atoms with van der Waals surface area (Å²) in [5.74, 6) is 0.322. The summed E-state index contributed by atoms with van der Waals surface area (Å²) in [6.07, 6.45) is 0. The summed E-state index contributed by atoms with van der Waals surface area (Å²) in [5.41, 5.74) is 4.56. The molecule has 0 heterocycles. The standard InChI is InChI=1S/C12H18.C6H6O/c1-9-7-6-8-11(10(9)2)12(3,4)5;7-6-4-2-1-3-5-6/h6-8H,1-5H3;1-5,7H. The number of phenolic OH excluding ortho intramolecular Hbond substituents is 1. The first-order valence-corrected chi connectivity index (χ1v) is 6.63. The van der Waals surface area contributed by atoms with Gasteiger partial charge in [-0.3, -0.25) is 0 Å². The Morgan fingerprint density at radius 2 is 1.37 bits per heavy atom. The molecule has 0 radical (unpaired) electrons. The highest BCUT2D eigenvalue weighted by Crippen LogP contribution is 2.26. The van der Waals surface area contributed by atoms with Gasteiger partial charge in [-0.2, -0.15) is 0 Å². The monoisotopic (exact) mass is 256 g/mol. The Bertz CT molecular complexity index is 507. The molecule has 2 rings (SSSR count). The van der Waals surface area contributed by atoms with E-state index in [9.17, 15) is 0 Å². The first-order chi connectivity index (χ1) is 8.82. The Morgan fingerprint density at radius 3 is 1.74 bits per heavy atom. The molecule has 0 bridgehead atoms. The quantitative estimate of drug-likeness (QED) is 0.703. The van der Waals surface area contributed by atoms with E-state index in [-0.39, 0.29) is 5.41 Å². The SMILES string of the molecule is Cc1cccc(C(C)(C)C)c1C.Oc1ccccc1. The Morgan fingerprint density at radius 1 is 0.789 bits per heavy atom. The summed E-state index contributed by atoms with van der Waals surface area (Å²) >= 11 is 0. The molecule has 1 N–H and O–H groups in total. The van der Waals surface area contributed by atoms with E-state index in [0.717, 1.165) is 0 Å². The second-order valence-electron chi connectivity index (χ2n) is 5.83. The summed E-state index contributed by atoms with van der Waals surface area (Å²) in [4.78, 5) is 0. The van der Waals surface area contributed by atoms with Crippen LogP contribution in [0.1, 0.15) is 37.5 Å². The third-order valence-corrected chi connectivity index (χ3v) is 3.17.